The van der Waals surface area contributed by atoms with E-state index in [-0.39, 0.29) is 18.1 Å². The monoisotopic (exact) mass is 350 g/mol. The van der Waals surface area contributed by atoms with Crippen LogP contribution in [-0.2, 0) is 11.3 Å². The van der Waals surface area contributed by atoms with E-state index in [9.17, 15) is 9.59 Å². The van der Waals surface area contributed by atoms with E-state index in [2.05, 4.69) is 10.6 Å². The molecule has 1 aromatic heterocycles. The van der Waals surface area contributed by atoms with Gasteiger partial charge in [0.25, 0.3) is 0 Å². The van der Waals surface area contributed by atoms with Gasteiger partial charge >= 0.3 is 12.1 Å². The Labute approximate surface area is 147 Å². The summed E-state index contributed by atoms with van der Waals surface area (Å²) in [6, 6.07) is 3.75. The minimum absolute atomic E-state index is 0.0130. The molecule has 2 aliphatic rings. The summed E-state index contributed by atoms with van der Waals surface area (Å²) in [5.41, 5.74) is 0. The van der Waals surface area contributed by atoms with Gasteiger partial charge in [0.05, 0.1) is 12.3 Å². The molecule has 1 atom stereocenters. The maximum Gasteiger partial charge on any atom is 0.317 e. The average molecular weight is 350 g/mol. The number of hydrogen-bond acceptors (Lipinski definition) is 4. The van der Waals surface area contributed by atoms with Gasteiger partial charge in [-0.15, -0.1) is 0 Å². The van der Waals surface area contributed by atoms with Crippen molar-refractivity contribution in [3.05, 3.63) is 24.2 Å². The Morgan fingerprint density at radius 2 is 2.36 bits per heavy atom. The van der Waals surface area contributed by atoms with E-state index in [4.69, 9.17) is 9.15 Å². The van der Waals surface area contributed by atoms with Gasteiger partial charge in [-0.1, -0.05) is 0 Å². The van der Waals surface area contributed by atoms with Crippen molar-refractivity contribution in [1.29, 1.82) is 0 Å². The van der Waals surface area contributed by atoms with Crippen molar-refractivity contribution in [2.45, 2.75) is 31.9 Å². The molecule has 138 valence electrons. The first-order valence-corrected chi connectivity index (χ1v) is 8.91. The molecule has 4 amide bonds. The molecule has 2 N–H and O–H groups in total. The third kappa shape index (κ3) is 4.88. The first kappa shape index (κ1) is 17.6. The lowest BCUT2D eigenvalue weighted by molar-refractivity contribution is 0.103. The van der Waals surface area contributed by atoms with E-state index in [1.807, 2.05) is 21.9 Å². The fourth-order valence-electron chi connectivity index (χ4n) is 3.28. The van der Waals surface area contributed by atoms with Crippen molar-refractivity contribution in [2.75, 3.05) is 39.3 Å². The van der Waals surface area contributed by atoms with Crippen LogP contribution >= 0.6 is 0 Å². The molecule has 0 bridgehead atoms. The van der Waals surface area contributed by atoms with E-state index in [0.717, 1.165) is 38.1 Å². The number of nitrogens with one attached hydrogen (secondary N) is 2. The summed E-state index contributed by atoms with van der Waals surface area (Å²) < 4.78 is 10.7. The second-order valence-corrected chi connectivity index (χ2v) is 6.38. The molecule has 8 heteroatoms. The Morgan fingerprint density at radius 3 is 3.12 bits per heavy atom. The average Bonchev–Trinajstić information content (AvgIpc) is 3.29. The molecule has 2 aliphatic heterocycles. The highest BCUT2D eigenvalue weighted by Crippen LogP contribution is 2.17. The minimum Gasteiger partial charge on any atom is -0.467 e. The Hall–Kier alpha value is -2.22. The number of rotatable bonds is 7. The SMILES string of the molecule is O=C(NCCCOCc1ccco1)N1CCC[C@@H](N2CCNC2=O)C1. The van der Waals surface area contributed by atoms with Gasteiger partial charge in [0, 0.05) is 39.3 Å². The van der Waals surface area contributed by atoms with Gasteiger partial charge in [-0.05, 0) is 31.4 Å². The number of carbonyl (C=O) groups excluding carboxylic acids is 2. The Bertz CT molecular complexity index is 563. The number of likely N-dealkylation sites (tertiary alicyclic amines) is 1. The molecule has 0 saturated carbocycles. The van der Waals surface area contributed by atoms with Gasteiger partial charge in [-0.2, -0.15) is 0 Å². The van der Waals surface area contributed by atoms with Crippen LogP contribution in [0, 0.1) is 0 Å². The molecule has 0 unspecified atom stereocenters. The normalized spacial score (nSPS) is 20.6. The lowest BCUT2D eigenvalue weighted by Crippen LogP contribution is -2.53. The standard InChI is InChI=1S/C17H26N4O4/c22-16(18-6-3-10-24-13-15-5-2-11-25-15)20-8-1-4-14(12-20)21-9-7-19-17(21)23/h2,5,11,14H,1,3-4,6-10,12-13H2,(H,18,22)(H,19,23)/t14-/m1/s1. The largest absolute Gasteiger partial charge is 0.467 e. The minimum atomic E-state index is -0.0599. The number of ether oxygens (including phenoxy) is 1. The van der Waals surface area contributed by atoms with Crippen molar-refractivity contribution in [3.63, 3.8) is 0 Å². The number of urea groups is 2. The molecule has 1 aromatic rings. The molecular formula is C17H26N4O4. The predicted molar refractivity (Wildman–Crippen MR) is 91.1 cm³/mol. The summed E-state index contributed by atoms with van der Waals surface area (Å²) in [4.78, 5) is 27.7. The molecule has 0 aliphatic carbocycles. The first-order chi connectivity index (χ1) is 12.2. The van der Waals surface area contributed by atoms with Crippen LogP contribution in [0.5, 0.6) is 0 Å². The third-order valence-corrected chi connectivity index (χ3v) is 4.58. The van der Waals surface area contributed by atoms with Crippen LogP contribution in [0.2, 0.25) is 0 Å². The number of piperidine rings is 1. The van der Waals surface area contributed by atoms with Gasteiger partial charge in [0.1, 0.15) is 12.4 Å². The summed E-state index contributed by atoms with van der Waals surface area (Å²) in [6.45, 7) is 4.36. The number of hydrogen-bond donors (Lipinski definition) is 2. The maximum atomic E-state index is 12.3. The highest BCUT2D eigenvalue weighted by atomic mass is 16.5. The number of amides is 4. The molecule has 3 heterocycles. The zero-order valence-corrected chi connectivity index (χ0v) is 14.4. The van der Waals surface area contributed by atoms with Gasteiger partial charge in [-0.3, -0.25) is 0 Å². The first-order valence-electron chi connectivity index (χ1n) is 8.91. The second kappa shape index (κ2) is 8.75. The van der Waals surface area contributed by atoms with Crippen LogP contribution < -0.4 is 10.6 Å². The molecular weight excluding hydrogens is 324 g/mol. The smallest absolute Gasteiger partial charge is 0.317 e. The molecule has 25 heavy (non-hydrogen) atoms. The van der Waals surface area contributed by atoms with Crippen LogP contribution in [0.3, 0.4) is 0 Å². The van der Waals surface area contributed by atoms with Crippen LogP contribution in [0.25, 0.3) is 0 Å². The Kier molecular flexibility index (Phi) is 6.16. The van der Waals surface area contributed by atoms with Crippen molar-refractivity contribution in [1.82, 2.24) is 20.4 Å². The van der Waals surface area contributed by atoms with Crippen molar-refractivity contribution >= 4 is 12.1 Å². The summed E-state index contributed by atoms with van der Waals surface area (Å²) >= 11 is 0. The van der Waals surface area contributed by atoms with Gasteiger partial charge in [-0.25, -0.2) is 9.59 Å². The molecule has 0 spiro atoms. The van der Waals surface area contributed by atoms with Crippen molar-refractivity contribution < 1.29 is 18.7 Å². The summed E-state index contributed by atoms with van der Waals surface area (Å²) in [5, 5.41) is 5.76. The van der Waals surface area contributed by atoms with E-state index in [1.165, 1.54) is 0 Å². The van der Waals surface area contributed by atoms with Crippen LogP contribution in [0.4, 0.5) is 9.59 Å². The third-order valence-electron chi connectivity index (χ3n) is 4.58. The lowest BCUT2D eigenvalue weighted by Gasteiger charge is -2.37. The van der Waals surface area contributed by atoms with Gasteiger partial charge in [0.15, 0.2) is 0 Å². The van der Waals surface area contributed by atoms with Gasteiger partial charge in [0.2, 0.25) is 0 Å². The summed E-state index contributed by atoms with van der Waals surface area (Å²) in [7, 11) is 0. The Morgan fingerprint density at radius 1 is 1.44 bits per heavy atom. The zero-order chi connectivity index (χ0) is 17.5. The fraction of sp³-hybridized carbons (Fsp3) is 0.647. The van der Waals surface area contributed by atoms with Crippen molar-refractivity contribution in [2.24, 2.45) is 0 Å². The highest BCUT2D eigenvalue weighted by molar-refractivity contribution is 5.77. The number of carbonyl (C=O) groups is 2. The van der Waals surface area contributed by atoms with E-state index < -0.39 is 0 Å². The lowest BCUT2D eigenvalue weighted by atomic mass is 10.0. The quantitative estimate of drug-likeness (QED) is 0.728. The molecule has 0 radical (unpaired) electrons. The molecule has 0 aromatic carbocycles. The maximum absolute atomic E-state index is 12.3. The van der Waals surface area contributed by atoms with E-state index in [1.54, 1.807) is 6.26 Å². The predicted octanol–water partition coefficient (Wildman–Crippen LogP) is 1.39. The Balaban J connectivity index is 1.31. The highest BCUT2D eigenvalue weighted by Gasteiger charge is 2.32. The molecule has 3 rings (SSSR count). The molecule has 8 nitrogen and oxygen atoms in total. The number of furan rings is 1. The van der Waals surface area contributed by atoms with E-state index >= 15 is 0 Å². The van der Waals surface area contributed by atoms with Crippen LogP contribution in [0.15, 0.2) is 22.8 Å². The topological polar surface area (TPSA) is 87.1 Å². The van der Waals surface area contributed by atoms with Crippen LogP contribution in [0.1, 0.15) is 25.0 Å². The summed E-state index contributed by atoms with van der Waals surface area (Å²) in [6.07, 6.45) is 4.25. The fourth-order valence-corrected chi connectivity index (χ4v) is 3.28. The van der Waals surface area contributed by atoms with Gasteiger partial charge < -0.3 is 29.6 Å². The zero-order valence-electron chi connectivity index (χ0n) is 14.4. The van der Waals surface area contributed by atoms with Crippen molar-refractivity contribution in [3.8, 4) is 0 Å². The molecule has 2 saturated heterocycles. The molecule has 2 fully saturated rings. The summed E-state index contributed by atoms with van der Waals surface area (Å²) in [5.74, 6) is 0.800. The second-order valence-electron chi connectivity index (χ2n) is 6.38. The number of nitrogens with zero attached hydrogens (tertiary/aromatic N) is 2. The van der Waals surface area contributed by atoms with Crippen LogP contribution in [-0.4, -0.2) is 67.2 Å². The van der Waals surface area contributed by atoms with E-state index in [0.29, 0.717) is 32.8 Å².